The van der Waals surface area contributed by atoms with Crippen molar-refractivity contribution in [3.63, 3.8) is 0 Å². The Balaban J connectivity index is 1.19. The number of anilines is 1. The van der Waals surface area contributed by atoms with Gasteiger partial charge < -0.3 is 19.9 Å². The number of ether oxygens (including phenoxy) is 1. The Morgan fingerprint density at radius 3 is 2.70 bits per heavy atom. The number of aryl methyl sites for hydroxylation is 2. The molecule has 1 saturated carbocycles. The van der Waals surface area contributed by atoms with E-state index >= 15 is 0 Å². The normalized spacial score (nSPS) is 22.6. The predicted molar refractivity (Wildman–Crippen MR) is 145 cm³/mol. The fourth-order valence-corrected chi connectivity index (χ4v) is 6.69. The van der Waals surface area contributed by atoms with Crippen molar-refractivity contribution >= 4 is 28.8 Å². The molecule has 6 rings (SSSR count). The topological polar surface area (TPSA) is 74.8 Å². The zero-order valence-corrected chi connectivity index (χ0v) is 22.1. The number of para-hydroxylation sites is 1. The highest BCUT2D eigenvalue weighted by Gasteiger charge is 2.54. The van der Waals surface area contributed by atoms with Gasteiger partial charge in [0, 0.05) is 31.4 Å². The van der Waals surface area contributed by atoms with E-state index in [2.05, 4.69) is 34.3 Å². The van der Waals surface area contributed by atoms with Crippen LogP contribution in [0.15, 0.2) is 48.5 Å². The van der Waals surface area contributed by atoms with Crippen LogP contribution in [0.4, 0.5) is 5.69 Å². The van der Waals surface area contributed by atoms with E-state index in [-0.39, 0.29) is 23.9 Å². The number of benzene rings is 2. The number of nitrogens with zero attached hydrogens (tertiary/aromatic N) is 3. The van der Waals surface area contributed by atoms with E-state index in [0.29, 0.717) is 36.9 Å². The summed E-state index contributed by atoms with van der Waals surface area (Å²) in [5, 5.41) is 4.03. The molecule has 3 heterocycles. The van der Waals surface area contributed by atoms with Crippen molar-refractivity contribution in [2.24, 2.45) is 5.92 Å². The van der Waals surface area contributed by atoms with Crippen molar-refractivity contribution in [1.29, 1.82) is 0 Å². The first kappa shape index (κ1) is 24.1. The SMILES string of the molecule is Cc1cccc(-c2sc(C)nc2C(=O)N2[C@H](CNC(=O)c3ccccc3N3CCOCC3)C[C@H]3C[C@@H]32)c1. The maximum Gasteiger partial charge on any atom is 0.274 e. The van der Waals surface area contributed by atoms with E-state index in [1.54, 1.807) is 11.3 Å². The fourth-order valence-electron chi connectivity index (χ4n) is 5.79. The van der Waals surface area contributed by atoms with Crippen LogP contribution in [0.3, 0.4) is 0 Å². The molecule has 8 heteroatoms. The highest BCUT2D eigenvalue weighted by atomic mass is 32.1. The lowest BCUT2D eigenvalue weighted by molar-refractivity contribution is 0.0684. The van der Waals surface area contributed by atoms with E-state index in [4.69, 9.17) is 4.74 Å². The van der Waals surface area contributed by atoms with Gasteiger partial charge in [0.25, 0.3) is 11.8 Å². The van der Waals surface area contributed by atoms with Gasteiger partial charge >= 0.3 is 0 Å². The van der Waals surface area contributed by atoms with Gasteiger partial charge in [0.05, 0.1) is 34.7 Å². The van der Waals surface area contributed by atoms with E-state index in [1.165, 1.54) is 0 Å². The van der Waals surface area contributed by atoms with Gasteiger partial charge in [-0.05, 0) is 50.3 Å². The van der Waals surface area contributed by atoms with E-state index < -0.39 is 0 Å². The summed E-state index contributed by atoms with van der Waals surface area (Å²) in [5.41, 5.74) is 4.33. The maximum atomic E-state index is 13.9. The lowest BCUT2D eigenvalue weighted by Crippen LogP contribution is -2.45. The van der Waals surface area contributed by atoms with Crippen LogP contribution in [0.1, 0.15) is 44.3 Å². The van der Waals surface area contributed by atoms with Crippen molar-refractivity contribution in [1.82, 2.24) is 15.2 Å². The summed E-state index contributed by atoms with van der Waals surface area (Å²) in [6, 6.07) is 16.2. The van der Waals surface area contributed by atoms with Gasteiger partial charge in [-0.2, -0.15) is 0 Å². The number of hydrogen-bond donors (Lipinski definition) is 1. The van der Waals surface area contributed by atoms with Crippen molar-refractivity contribution in [3.8, 4) is 10.4 Å². The molecule has 0 bridgehead atoms. The van der Waals surface area contributed by atoms with Crippen molar-refractivity contribution in [3.05, 3.63) is 70.4 Å². The smallest absolute Gasteiger partial charge is 0.274 e. The fraction of sp³-hybridized carbons (Fsp3) is 0.414. The molecule has 2 saturated heterocycles. The molecule has 0 radical (unpaired) electrons. The molecule has 2 aromatic carbocycles. The van der Waals surface area contributed by atoms with Crippen molar-refractivity contribution in [2.45, 2.75) is 38.8 Å². The molecule has 0 spiro atoms. The molecular weight excluding hydrogens is 484 g/mol. The quantitative estimate of drug-likeness (QED) is 0.529. The second-order valence-corrected chi connectivity index (χ2v) is 11.5. The van der Waals surface area contributed by atoms with Crippen LogP contribution in [-0.2, 0) is 4.74 Å². The number of piperidine rings is 1. The van der Waals surface area contributed by atoms with E-state index in [0.717, 1.165) is 52.6 Å². The summed E-state index contributed by atoms with van der Waals surface area (Å²) in [5.74, 6) is 0.410. The predicted octanol–water partition coefficient (Wildman–Crippen LogP) is 4.30. The number of fused-ring (bicyclic) bond motifs is 1. The van der Waals surface area contributed by atoms with E-state index in [1.807, 2.05) is 48.2 Å². The van der Waals surface area contributed by atoms with Gasteiger partial charge in [0.15, 0.2) is 0 Å². The number of amides is 2. The highest BCUT2D eigenvalue weighted by molar-refractivity contribution is 7.15. The minimum absolute atomic E-state index is 0.0150. The van der Waals surface area contributed by atoms with Crippen LogP contribution in [0, 0.1) is 19.8 Å². The number of carbonyl (C=O) groups is 2. The van der Waals surface area contributed by atoms with Gasteiger partial charge in [-0.3, -0.25) is 9.59 Å². The standard InChI is InChI=1S/C29H32N4O3S/c1-18-6-5-7-20(14-18)27-26(31-19(2)37-27)29(35)33-22(15-21-16-25(21)33)17-30-28(34)23-8-3-4-9-24(23)32-10-12-36-13-11-32/h3-9,14,21-22,25H,10-13,15-17H2,1-2H3,(H,30,34)/t21-,22-,25-/m0/s1. The number of thiazole rings is 1. The molecule has 2 aliphatic heterocycles. The lowest BCUT2D eigenvalue weighted by Gasteiger charge is -2.31. The molecule has 1 aliphatic carbocycles. The van der Waals surface area contributed by atoms with Gasteiger partial charge in [-0.25, -0.2) is 4.98 Å². The Labute approximate surface area is 221 Å². The van der Waals surface area contributed by atoms with Gasteiger partial charge in [-0.1, -0.05) is 42.0 Å². The Hall–Kier alpha value is -3.23. The summed E-state index contributed by atoms with van der Waals surface area (Å²) >= 11 is 1.57. The molecule has 3 aliphatic rings. The summed E-state index contributed by atoms with van der Waals surface area (Å²) in [4.78, 5) is 37.0. The van der Waals surface area contributed by atoms with Crippen LogP contribution in [0.5, 0.6) is 0 Å². The van der Waals surface area contributed by atoms with Crippen LogP contribution >= 0.6 is 11.3 Å². The Morgan fingerprint density at radius 2 is 1.89 bits per heavy atom. The largest absolute Gasteiger partial charge is 0.378 e. The van der Waals surface area contributed by atoms with E-state index in [9.17, 15) is 9.59 Å². The Kier molecular flexibility index (Phi) is 6.46. The molecule has 3 aromatic rings. The third-order valence-corrected chi connectivity index (χ3v) is 8.68. The number of morpholine rings is 1. The molecule has 3 atom stereocenters. The first-order valence-electron chi connectivity index (χ1n) is 13.1. The second-order valence-electron chi connectivity index (χ2n) is 10.3. The van der Waals surface area contributed by atoms with Crippen LogP contribution in [0.25, 0.3) is 10.4 Å². The van der Waals surface area contributed by atoms with Gasteiger partial charge in [-0.15, -0.1) is 11.3 Å². The van der Waals surface area contributed by atoms with Crippen LogP contribution < -0.4 is 10.2 Å². The average molecular weight is 517 g/mol. The molecule has 0 unspecified atom stereocenters. The highest BCUT2D eigenvalue weighted by Crippen LogP contribution is 2.49. The van der Waals surface area contributed by atoms with Crippen molar-refractivity contribution in [2.75, 3.05) is 37.7 Å². The Bertz CT molecular complexity index is 1330. The van der Waals surface area contributed by atoms with Crippen LogP contribution in [-0.4, -0.2) is 66.6 Å². The maximum absolute atomic E-state index is 13.9. The summed E-state index contributed by atoms with van der Waals surface area (Å²) in [6.45, 7) is 7.33. The third kappa shape index (κ3) is 4.76. The third-order valence-electron chi connectivity index (χ3n) is 7.66. The second kappa shape index (κ2) is 9.91. The number of likely N-dealkylation sites (tertiary alicyclic amines) is 1. The summed E-state index contributed by atoms with van der Waals surface area (Å²) < 4.78 is 5.48. The van der Waals surface area contributed by atoms with Gasteiger partial charge in [0.1, 0.15) is 5.69 Å². The molecule has 1 N–H and O–H groups in total. The average Bonchev–Trinajstić information content (AvgIpc) is 3.41. The van der Waals surface area contributed by atoms with Crippen LogP contribution in [0.2, 0.25) is 0 Å². The molecule has 37 heavy (non-hydrogen) atoms. The zero-order valence-electron chi connectivity index (χ0n) is 21.3. The summed E-state index contributed by atoms with van der Waals surface area (Å²) in [6.07, 6.45) is 1.96. The molecular formula is C29H32N4O3S. The number of carbonyl (C=O) groups excluding carboxylic acids is 2. The molecule has 1 aromatic heterocycles. The molecule has 2 amide bonds. The Morgan fingerprint density at radius 1 is 1.08 bits per heavy atom. The first-order valence-corrected chi connectivity index (χ1v) is 13.9. The lowest BCUT2D eigenvalue weighted by atomic mass is 10.1. The van der Waals surface area contributed by atoms with Crippen molar-refractivity contribution < 1.29 is 14.3 Å². The summed E-state index contributed by atoms with van der Waals surface area (Å²) in [7, 11) is 0. The number of nitrogens with one attached hydrogen (secondary N) is 1. The first-order chi connectivity index (χ1) is 18.0. The molecule has 3 fully saturated rings. The minimum Gasteiger partial charge on any atom is -0.378 e. The number of aromatic nitrogens is 1. The monoisotopic (exact) mass is 516 g/mol. The minimum atomic E-state index is -0.0972. The molecule has 7 nitrogen and oxygen atoms in total. The number of hydrogen-bond acceptors (Lipinski definition) is 6. The molecule has 192 valence electrons. The van der Waals surface area contributed by atoms with Gasteiger partial charge in [0.2, 0.25) is 0 Å². The zero-order chi connectivity index (χ0) is 25.5. The number of rotatable bonds is 6.